The lowest BCUT2D eigenvalue weighted by molar-refractivity contribution is -0.495. The Balaban J connectivity index is 1.82. The predicted molar refractivity (Wildman–Crippen MR) is 93.6 cm³/mol. The number of nitrogens with one attached hydrogen (secondary N) is 1. The minimum atomic E-state index is 0.0948. The summed E-state index contributed by atoms with van der Waals surface area (Å²) in [5.74, 6) is 1.93. The molecule has 6 heteroatoms. The van der Waals surface area contributed by atoms with Crippen LogP contribution in [-0.4, -0.2) is 23.4 Å². The molecule has 2 N–H and O–H groups in total. The largest absolute Gasteiger partial charge is 0.504 e. The van der Waals surface area contributed by atoms with Crippen molar-refractivity contribution in [1.29, 1.82) is 0 Å². The van der Waals surface area contributed by atoms with Crippen LogP contribution < -0.4 is 9.14 Å². The first kappa shape index (κ1) is 15.0. The van der Waals surface area contributed by atoms with E-state index in [1.54, 1.807) is 30.7 Å². The number of furan rings is 1. The SMILES string of the molecule is COc1cc(C=Nc2c(-c3ccco3)[nH]c3cccc[n+]23)ccc1O. The fourth-order valence-electron chi connectivity index (χ4n) is 2.66. The summed E-state index contributed by atoms with van der Waals surface area (Å²) in [6, 6.07) is 14.7. The van der Waals surface area contributed by atoms with Crippen molar-refractivity contribution in [3.63, 3.8) is 0 Å². The molecule has 25 heavy (non-hydrogen) atoms. The maximum atomic E-state index is 9.71. The number of aliphatic imine (C=N–C) groups is 1. The van der Waals surface area contributed by atoms with Crippen molar-refractivity contribution in [2.75, 3.05) is 7.11 Å². The Hall–Kier alpha value is -3.54. The van der Waals surface area contributed by atoms with Crippen molar-refractivity contribution in [1.82, 2.24) is 4.98 Å². The lowest BCUT2D eigenvalue weighted by atomic mass is 10.2. The molecule has 0 bridgehead atoms. The zero-order valence-corrected chi connectivity index (χ0v) is 13.5. The summed E-state index contributed by atoms with van der Waals surface area (Å²) in [5.41, 5.74) is 2.51. The number of aromatic nitrogens is 2. The van der Waals surface area contributed by atoms with E-state index in [1.807, 2.05) is 40.9 Å². The molecule has 0 saturated heterocycles. The third kappa shape index (κ3) is 2.74. The maximum absolute atomic E-state index is 9.71. The zero-order valence-electron chi connectivity index (χ0n) is 13.5. The highest BCUT2D eigenvalue weighted by Gasteiger charge is 2.21. The minimum absolute atomic E-state index is 0.0948. The molecule has 0 unspecified atom stereocenters. The molecule has 0 saturated carbocycles. The van der Waals surface area contributed by atoms with E-state index in [4.69, 9.17) is 9.15 Å². The molecule has 0 aliphatic rings. The van der Waals surface area contributed by atoms with Crippen LogP contribution in [0.5, 0.6) is 11.5 Å². The molecule has 0 amide bonds. The van der Waals surface area contributed by atoms with E-state index in [-0.39, 0.29) is 5.75 Å². The van der Waals surface area contributed by atoms with Crippen molar-refractivity contribution < 1.29 is 18.7 Å². The molecule has 0 radical (unpaired) electrons. The third-order valence-corrected chi connectivity index (χ3v) is 3.87. The summed E-state index contributed by atoms with van der Waals surface area (Å²) < 4.78 is 12.6. The number of hydrogen-bond donors (Lipinski definition) is 2. The van der Waals surface area contributed by atoms with Gasteiger partial charge in [0.2, 0.25) is 11.3 Å². The average Bonchev–Trinajstić information content (AvgIpc) is 3.28. The van der Waals surface area contributed by atoms with Crippen molar-refractivity contribution in [3.8, 4) is 23.0 Å². The van der Waals surface area contributed by atoms with Crippen molar-refractivity contribution in [2.45, 2.75) is 0 Å². The summed E-state index contributed by atoms with van der Waals surface area (Å²) in [6.45, 7) is 0. The second-order valence-corrected chi connectivity index (χ2v) is 5.45. The number of pyridine rings is 1. The highest BCUT2D eigenvalue weighted by atomic mass is 16.5. The van der Waals surface area contributed by atoms with Crippen LogP contribution in [0, 0.1) is 0 Å². The Kier molecular flexibility index (Phi) is 3.70. The number of hydrogen-bond acceptors (Lipinski definition) is 4. The number of imidazole rings is 1. The highest BCUT2D eigenvalue weighted by molar-refractivity contribution is 5.84. The van der Waals surface area contributed by atoms with Gasteiger partial charge in [0.05, 0.1) is 19.6 Å². The van der Waals surface area contributed by atoms with Gasteiger partial charge in [-0.1, -0.05) is 6.07 Å². The molecule has 3 aromatic heterocycles. The average molecular weight is 334 g/mol. The second-order valence-electron chi connectivity index (χ2n) is 5.45. The number of ether oxygens (including phenoxy) is 1. The van der Waals surface area contributed by atoms with Crippen LogP contribution in [0.15, 0.2) is 70.4 Å². The first-order valence-corrected chi connectivity index (χ1v) is 7.73. The van der Waals surface area contributed by atoms with Crippen LogP contribution in [0.3, 0.4) is 0 Å². The van der Waals surface area contributed by atoms with Crippen LogP contribution in [0.4, 0.5) is 5.82 Å². The first-order chi connectivity index (χ1) is 12.3. The Bertz CT molecular complexity index is 1050. The molecular weight excluding hydrogens is 318 g/mol. The van der Waals surface area contributed by atoms with Gasteiger partial charge in [-0.25, -0.2) is 0 Å². The van der Waals surface area contributed by atoms with Gasteiger partial charge >= 0.3 is 5.82 Å². The van der Waals surface area contributed by atoms with Gasteiger partial charge in [0.15, 0.2) is 17.3 Å². The van der Waals surface area contributed by atoms with Crippen LogP contribution in [0.1, 0.15) is 5.56 Å². The molecule has 1 aromatic carbocycles. The number of phenols is 1. The number of benzene rings is 1. The lowest BCUT2D eigenvalue weighted by Gasteiger charge is -2.02. The normalized spacial score (nSPS) is 11.4. The number of methoxy groups -OCH3 is 1. The molecule has 0 spiro atoms. The van der Waals surface area contributed by atoms with Gasteiger partial charge in [-0.2, -0.15) is 4.40 Å². The van der Waals surface area contributed by atoms with Crippen LogP contribution in [0.25, 0.3) is 17.1 Å². The fourth-order valence-corrected chi connectivity index (χ4v) is 2.66. The Morgan fingerprint density at radius 1 is 1.20 bits per heavy atom. The monoisotopic (exact) mass is 334 g/mol. The molecule has 4 rings (SSSR count). The van der Waals surface area contributed by atoms with Gasteiger partial charge in [0, 0.05) is 11.6 Å². The third-order valence-electron chi connectivity index (χ3n) is 3.87. The van der Waals surface area contributed by atoms with E-state index in [2.05, 4.69) is 9.98 Å². The number of aromatic amines is 1. The predicted octanol–water partition coefficient (Wildman–Crippen LogP) is 3.48. The van der Waals surface area contributed by atoms with Crippen LogP contribution in [0.2, 0.25) is 0 Å². The highest BCUT2D eigenvalue weighted by Crippen LogP contribution is 2.28. The molecule has 6 nitrogen and oxygen atoms in total. The van der Waals surface area contributed by atoms with Crippen molar-refractivity contribution in [3.05, 3.63) is 66.6 Å². The van der Waals surface area contributed by atoms with Gasteiger partial charge in [-0.15, -0.1) is 4.99 Å². The number of H-pyrrole nitrogens is 1. The quantitative estimate of drug-likeness (QED) is 0.443. The smallest absolute Gasteiger partial charge is 0.310 e. The Morgan fingerprint density at radius 3 is 2.92 bits per heavy atom. The summed E-state index contributed by atoms with van der Waals surface area (Å²) in [6.07, 6.45) is 5.28. The lowest BCUT2D eigenvalue weighted by Crippen LogP contribution is -2.17. The number of aromatic hydroxyl groups is 1. The van der Waals surface area contributed by atoms with E-state index in [1.165, 1.54) is 7.11 Å². The molecule has 124 valence electrons. The van der Waals surface area contributed by atoms with Gasteiger partial charge in [0.25, 0.3) is 0 Å². The molecule has 0 atom stereocenters. The Labute approximate surface area is 143 Å². The summed E-state index contributed by atoms with van der Waals surface area (Å²) in [7, 11) is 1.51. The van der Waals surface area contributed by atoms with Crippen LogP contribution in [-0.2, 0) is 0 Å². The van der Waals surface area contributed by atoms with Gasteiger partial charge in [-0.3, -0.25) is 4.98 Å². The van der Waals surface area contributed by atoms with Gasteiger partial charge in [-0.05, 0) is 36.4 Å². The van der Waals surface area contributed by atoms with Crippen molar-refractivity contribution in [2.24, 2.45) is 4.99 Å². The number of fused-ring (bicyclic) bond motifs is 1. The summed E-state index contributed by atoms with van der Waals surface area (Å²) in [4.78, 5) is 7.96. The van der Waals surface area contributed by atoms with Gasteiger partial charge in [0.1, 0.15) is 6.21 Å². The Morgan fingerprint density at radius 2 is 2.12 bits per heavy atom. The number of rotatable bonds is 4. The van der Waals surface area contributed by atoms with E-state index < -0.39 is 0 Å². The molecule has 0 fully saturated rings. The zero-order chi connectivity index (χ0) is 17.2. The van der Waals surface area contributed by atoms with E-state index in [0.29, 0.717) is 11.5 Å². The standard InChI is InChI=1S/C19H15N3O3/c1-24-16-11-13(7-8-14(16)23)12-20-19-18(15-5-4-10-25-15)21-17-6-2-3-9-22(17)19/h2-12H,1H3,(H,20,23)/p+1. The number of nitrogens with zero attached hydrogens (tertiary/aromatic N) is 2. The topological polar surface area (TPSA) is 74.9 Å². The van der Waals surface area contributed by atoms with Gasteiger partial charge < -0.3 is 14.3 Å². The summed E-state index contributed by atoms with van der Waals surface area (Å²) in [5, 5.41) is 9.71. The molecule has 0 aliphatic heterocycles. The fraction of sp³-hybridized carbons (Fsp3) is 0.0526. The summed E-state index contributed by atoms with van der Waals surface area (Å²) >= 11 is 0. The second kappa shape index (κ2) is 6.16. The molecule has 3 heterocycles. The van der Waals surface area contributed by atoms with E-state index in [0.717, 1.165) is 22.7 Å². The molecule has 0 aliphatic carbocycles. The van der Waals surface area contributed by atoms with E-state index in [9.17, 15) is 5.11 Å². The molecule has 4 aromatic rings. The molecular formula is C19H16N3O3+. The van der Waals surface area contributed by atoms with E-state index >= 15 is 0 Å². The first-order valence-electron chi connectivity index (χ1n) is 7.73. The maximum Gasteiger partial charge on any atom is 0.310 e. The van der Waals surface area contributed by atoms with Crippen LogP contribution >= 0.6 is 0 Å². The van der Waals surface area contributed by atoms with Crippen molar-refractivity contribution >= 4 is 17.7 Å². The number of phenolic OH excluding ortho intramolecular Hbond substituents is 1. The minimum Gasteiger partial charge on any atom is -0.504 e.